The lowest BCUT2D eigenvalue weighted by molar-refractivity contribution is -0.137. The lowest BCUT2D eigenvalue weighted by atomic mass is 9.95. The van der Waals surface area contributed by atoms with Gasteiger partial charge in [0.05, 0.1) is 19.1 Å². The lowest BCUT2D eigenvalue weighted by Gasteiger charge is -2.35. The summed E-state index contributed by atoms with van der Waals surface area (Å²) in [7, 11) is -1.85. The predicted octanol–water partition coefficient (Wildman–Crippen LogP) is -1.75. The van der Waals surface area contributed by atoms with Gasteiger partial charge in [0.15, 0.2) is 0 Å². The van der Waals surface area contributed by atoms with E-state index in [1.807, 2.05) is 11.9 Å². The monoisotopic (exact) mass is 320 g/mol. The molecule has 21 heavy (non-hydrogen) atoms. The summed E-state index contributed by atoms with van der Waals surface area (Å²) >= 11 is 0. The van der Waals surface area contributed by atoms with Crippen LogP contribution in [0.4, 0.5) is 0 Å². The molecule has 122 valence electrons. The third kappa shape index (κ3) is 4.62. The van der Waals surface area contributed by atoms with Gasteiger partial charge in [0.25, 0.3) is 10.2 Å². The van der Waals surface area contributed by atoms with E-state index in [0.29, 0.717) is 19.8 Å². The van der Waals surface area contributed by atoms with Crippen molar-refractivity contribution in [2.24, 2.45) is 17.0 Å². The van der Waals surface area contributed by atoms with Crippen LogP contribution in [-0.4, -0.2) is 65.2 Å². The highest BCUT2D eigenvalue weighted by Gasteiger charge is 2.37. The van der Waals surface area contributed by atoms with Crippen molar-refractivity contribution in [1.82, 2.24) is 14.9 Å². The predicted molar refractivity (Wildman–Crippen MR) is 77.6 cm³/mol. The van der Waals surface area contributed by atoms with E-state index in [0.717, 1.165) is 19.4 Å². The van der Waals surface area contributed by atoms with Crippen molar-refractivity contribution in [3.8, 4) is 0 Å². The average Bonchev–Trinajstić information content (AvgIpc) is 2.92. The highest BCUT2D eigenvalue weighted by molar-refractivity contribution is 7.87. The first kappa shape index (κ1) is 16.6. The number of likely N-dealkylation sites (tertiary alicyclic amines) is 1. The lowest BCUT2D eigenvalue weighted by Crippen LogP contribution is -2.49. The maximum absolute atomic E-state index is 12.6. The standard InChI is InChI=1S/C12H24N4O4S/c1-14-11-8-20-7-10(11)12(17)16-4-2-3-9(6-16)5-15-21(13,18)19/h9-11,14-15H,2-8H2,1H3,(H2,13,18,19). The molecule has 2 rings (SSSR count). The van der Waals surface area contributed by atoms with Crippen LogP contribution in [0.15, 0.2) is 0 Å². The number of ether oxygens (including phenoxy) is 1. The normalized spacial score (nSPS) is 30.6. The van der Waals surface area contributed by atoms with Crippen LogP contribution in [0, 0.1) is 11.8 Å². The van der Waals surface area contributed by atoms with Gasteiger partial charge in [-0.05, 0) is 25.8 Å². The number of piperidine rings is 1. The molecule has 0 aromatic rings. The molecule has 2 heterocycles. The summed E-state index contributed by atoms with van der Waals surface area (Å²) in [6.07, 6.45) is 1.77. The fourth-order valence-corrected chi connectivity index (χ4v) is 3.45. The third-order valence-electron chi connectivity index (χ3n) is 4.17. The van der Waals surface area contributed by atoms with E-state index in [4.69, 9.17) is 9.88 Å². The molecule has 4 N–H and O–H groups in total. The molecule has 3 atom stereocenters. The number of amides is 1. The average molecular weight is 320 g/mol. The Balaban J connectivity index is 1.89. The molecule has 0 aromatic carbocycles. The molecule has 0 radical (unpaired) electrons. The van der Waals surface area contributed by atoms with Crippen molar-refractivity contribution in [1.29, 1.82) is 0 Å². The summed E-state index contributed by atoms with van der Waals surface area (Å²) in [6.45, 7) is 2.56. The van der Waals surface area contributed by atoms with Crippen LogP contribution in [0.3, 0.4) is 0 Å². The molecule has 0 bridgehead atoms. The quantitative estimate of drug-likeness (QED) is 0.556. The van der Waals surface area contributed by atoms with Crippen molar-refractivity contribution in [2.75, 3.05) is 39.9 Å². The van der Waals surface area contributed by atoms with Crippen LogP contribution in [0.25, 0.3) is 0 Å². The molecule has 2 fully saturated rings. The number of carbonyl (C=O) groups excluding carboxylic acids is 1. The Bertz CT molecular complexity index is 470. The fourth-order valence-electron chi connectivity index (χ4n) is 2.98. The maximum Gasteiger partial charge on any atom is 0.274 e. The third-order valence-corrected chi connectivity index (χ3v) is 4.74. The van der Waals surface area contributed by atoms with Gasteiger partial charge in [0, 0.05) is 25.7 Å². The first-order valence-corrected chi connectivity index (χ1v) is 8.76. The molecule has 2 saturated heterocycles. The Morgan fingerprint density at radius 3 is 2.86 bits per heavy atom. The number of nitrogens with one attached hydrogen (secondary N) is 2. The molecule has 0 aromatic heterocycles. The highest BCUT2D eigenvalue weighted by Crippen LogP contribution is 2.22. The molecule has 0 saturated carbocycles. The fraction of sp³-hybridized carbons (Fsp3) is 0.917. The molecule has 8 nitrogen and oxygen atoms in total. The summed E-state index contributed by atoms with van der Waals surface area (Å²) in [4.78, 5) is 14.4. The first-order chi connectivity index (χ1) is 9.90. The summed E-state index contributed by atoms with van der Waals surface area (Å²) in [5.41, 5.74) is 0. The number of carbonyl (C=O) groups is 1. The zero-order chi connectivity index (χ0) is 15.5. The van der Waals surface area contributed by atoms with Gasteiger partial charge in [-0.15, -0.1) is 0 Å². The summed E-state index contributed by atoms with van der Waals surface area (Å²) in [6, 6.07) is 0.0559. The van der Waals surface area contributed by atoms with E-state index in [9.17, 15) is 13.2 Å². The van der Waals surface area contributed by atoms with Crippen molar-refractivity contribution in [3.05, 3.63) is 0 Å². The SMILES string of the molecule is CNC1COCC1C(=O)N1CCCC(CNS(N)(=O)=O)C1. The Labute approximate surface area is 125 Å². The topological polar surface area (TPSA) is 114 Å². The number of hydrogen-bond donors (Lipinski definition) is 3. The number of nitrogens with zero attached hydrogens (tertiary/aromatic N) is 1. The van der Waals surface area contributed by atoms with E-state index in [2.05, 4.69) is 10.0 Å². The largest absolute Gasteiger partial charge is 0.379 e. The Morgan fingerprint density at radius 2 is 2.19 bits per heavy atom. The summed E-state index contributed by atoms with van der Waals surface area (Å²) in [5, 5.41) is 8.05. The molecular weight excluding hydrogens is 296 g/mol. The van der Waals surface area contributed by atoms with Crippen LogP contribution in [0.1, 0.15) is 12.8 Å². The second-order valence-corrected chi connectivity index (χ2v) is 7.10. The second kappa shape index (κ2) is 7.01. The van der Waals surface area contributed by atoms with E-state index in [1.54, 1.807) is 0 Å². The minimum atomic E-state index is -3.67. The van der Waals surface area contributed by atoms with Crippen molar-refractivity contribution < 1.29 is 17.9 Å². The first-order valence-electron chi connectivity index (χ1n) is 7.22. The van der Waals surface area contributed by atoms with Crippen LogP contribution in [0.2, 0.25) is 0 Å². The molecular formula is C12H24N4O4S. The van der Waals surface area contributed by atoms with Crippen LogP contribution in [-0.2, 0) is 19.7 Å². The molecule has 3 unspecified atom stereocenters. The van der Waals surface area contributed by atoms with Gasteiger partial charge in [-0.2, -0.15) is 8.42 Å². The molecule has 2 aliphatic rings. The Kier molecular flexibility index (Phi) is 5.55. The van der Waals surface area contributed by atoms with Gasteiger partial charge >= 0.3 is 0 Å². The molecule has 1 amide bonds. The van der Waals surface area contributed by atoms with Crippen LogP contribution < -0.4 is 15.2 Å². The molecule has 2 aliphatic heterocycles. The number of likely N-dealkylation sites (N-methyl/N-ethyl adjacent to an activating group) is 1. The smallest absolute Gasteiger partial charge is 0.274 e. The number of nitrogens with two attached hydrogens (primary N) is 1. The van der Waals surface area contributed by atoms with E-state index >= 15 is 0 Å². The highest BCUT2D eigenvalue weighted by atomic mass is 32.2. The minimum absolute atomic E-state index is 0.0559. The second-order valence-electron chi connectivity index (χ2n) is 5.73. The zero-order valence-corrected chi connectivity index (χ0v) is 13.1. The van der Waals surface area contributed by atoms with Crippen LogP contribution >= 0.6 is 0 Å². The number of hydrogen-bond acceptors (Lipinski definition) is 5. The summed E-state index contributed by atoms with van der Waals surface area (Å²) in [5.74, 6) is 0.0449. The van der Waals surface area contributed by atoms with Crippen LogP contribution in [0.5, 0.6) is 0 Å². The zero-order valence-electron chi connectivity index (χ0n) is 12.2. The van der Waals surface area contributed by atoms with E-state index in [1.165, 1.54) is 0 Å². The van der Waals surface area contributed by atoms with Gasteiger partial charge in [-0.3, -0.25) is 4.79 Å². The van der Waals surface area contributed by atoms with Gasteiger partial charge in [0.2, 0.25) is 5.91 Å². The van der Waals surface area contributed by atoms with Gasteiger partial charge < -0.3 is 15.0 Å². The van der Waals surface area contributed by atoms with Crippen molar-refractivity contribution in [3.63, 3.8) is 0 Å². The van der Waals surface area contributed by atoms with Gasteiger partial charge in [0.1, 0.15) is 0 Å². The summed E-state index contributed by atoms with van der Waals surface area (Å²) < 4.78 is 29.6. The number of rotatable bonds is 5. The minimum Gasteiger partial charge on any atom is -0.379 e. The molecule has 0 spiro atoms. The molecule has 9 heteroatoms. The van der Waals surface area contributed by atoms with E-state index < -0.39 is 10.2 Å². The Hall–Kier alpha value is -0.740. The maximum atomic E-state index is 12.6. The molecule has 0 aliphatic carbocycles. The van der Waals surface area contributed by atoms with Crippen molar-refractivity contribution in [2.45, 2.75) is 18.9 Å². The van der Waals surface area contributed by atoms with E-state index in [-0.39, 0.29) is 30.3 Å². The Morgan fingerprint density at radius 1 is 1.43 bits per heavy atom. The van der Waals surface area contributed by atoms with Crippen molar-refractivity contribution >= 4 is 16.1 Å². The van der Waals surface area contributed by atoms with Gasteiger partial charge in [-0.25, -0.2) is 9.86 Å². The van der Waals surface area contributed by atoms with Gasteiger partial charge in [-0.1, -0.05) is 0 Å².